The molecule has 0 fully saturated rings. The second-order valence-corrected chi connectivity index (χ2v) is 4.95. The van der Waals surface area contributed by atoms with Crippen molar-refractivity contribution in [2.24, 2.45) is 0 Å². The highest BCUT2D eigenvalue weighted by molar-refractivity contribution is 9.10. The van der Waals surface area contributed by atoms with Crippen LogP contribution in [0.5, 0.6) is 5.75 Å². The van der Waals surface area contributed by atoms with Gasteiger partial charge in [0.15, 0.2) is 0 Å². The Morgan fingerprint density at radius 2 is 2.20 bits per heavy atom. The number of halogens is 1. The first kappa shape index (κ1) is 12.9. The van der Waals surface area contributed by atoms with Crippen LogP contribution in [-0.4, -0.2) is 27.3 Å². The Hall–Kier alpha value is -2.15. The van der Waals surface area contributed by atoms with Crippen molar-refractivity contribution < 1.29 is 9.57 Å². The fourth-order valence-electron chi connectivity index (χ4n) is 1.82. The van der Waals surface area contributed by atoms with E-state index in [4.69, 9.17) is 9.57 Å². The fourth-order valence-corrected chi connectivity index (χ4v) is 2.23. The predicted octanol–water partition coefficient (Wildman–Crippen LogP) is 2.23. The molecule has 7 heteroatoms. The van der Waals surface area contributed by atoms with E-state index in [1.54, 1.807) is 19.4 Å². The molecular formula is C13H11BrN4O2. The maximum absolute atomic E-state index is 5.62. The van der Waals surface area contributed by atoms with Gasteiger partial charge in [0.1, 0.15) is 17.9 Å². The maximum Gasteiger partial charge on any atom is 0.219 e. The topological polar surface area (TPSA) is 62.1 Å². The van der Waals surface area contributed by atoms with Crippen LogP contribution in [0.3, 0.4) is 0 Å². The van der Waals surface area contributed by atoms with Crippen molar-refractivity contribution in [3.8, 4) is 5.75 Å². The van der Waals surface area contributed by atoms with Crippen molar-refractivity contribution in [1.29, 1.82) is 0 Å². The largest absolute Gasteiger partial charge is 0.496 e. The Bertz CT molecular complexity index is 744. The van der Waals surface area contributed by atoms with E-state index < -0.39 is 0 Å². The number of pyridine rings is 1. The number of rotatable bonds is 4. The summed E-state index contributed by atoms with van der Waals surface area (Å²) in [6.07, 6.45) is 1.67. The molecule has 0 aliphatic rings. The highest BCUT2D eigenvalue weighted by atomic mass is 79.9. The monoisotopic (exact) mass is 334 g/mol. The van der Waals surface area contributed by atoms with E-state index in [0.717, 1.165) is 15.8 Å². The van der Waals surface area contributed by atoms with Gasteiger partial charge in [-0.15, -0.1) is 5.10 Å². The van der Waals surface area contributed by atoms with Gasteiger partial charge in [-0.25, -0.2) is 4.98 Å². The minimum Gasteiger partial charge on any atom is -0.496 e. The number of methoxy groups -OCH3 is 1. The molecule has 0 N–H and O–H groups in total. The smallest absolute Gasteiger partial charge is 0.219 e. The van der Waals surface area contributed by atoms with Gasteiger partial charge in [0.05, 0.1) is 7.11 Å². The molecule has 2 heterocycles. The third-order valence-corrected chi connectivity index (χ3v) is 3.26. The molecule has 20 heavy (non-hydrogen) atoms. The van der Waals surface area contributed by atoms with Crippen LogP contribution in [0, 0.1) is 0 Å². The van der Waals surface area contributed by atoms with Crippen molar-refractivity contribution in [3.05, 3.63) is 46.6 Å². The normalized spacial score (nSPS) is 10.7. The van der Waals surface area contributed by atoms with Crippen LogP contribution in [0.25, 0.3) is 11.2 Å². The Morgan fingerprint density at radius 1 is 1.30 bits per heavy atom. The highest BCUT2D eigenvalue weighted by Crippen LogP contribution is 2.23. The summed E-state index contributed by atoms with van der Waals surface area (Å²) in [6.45, 7) is 0.303. The van der Waals surface area contributed by atoms with Crippen molar-refractivity contribution >= 4 is 27.1 Å². The molecule has 0 saturated heterocycles. The molecule has 0 aliphatic heterocycles. The van der Waals surface area contributed by atoms with Crippen LogP contribution < -0.4 is 9.57 Å². The van der Waals surface area contributed by atoms with Gasteiger partial charge >= 0.3 is 0 Å². The maximum atomic E-state index is 5.62. The molecule has 0 amide bonds. The van der Waals surface area contributed by atoms with Crippen molar-refractivity contribution in [2.75, 3.05) is 7.11 Å². The van der Waals surface area contributed by atoms with Gasteiger partial charge in [-0.05, 0) is 35.5 Å². The van der Waals surface area contributed by atoms with Crippen LogP contribution in [-0.2, 0) is 6.61 Å². The summed E-state index contributed by atoms with van der Waals surface area (Å²) in [7, 11) is 1.62. The van der Waals surface area contributed by atoms with Gasteiger partial charge in [0, 0.05) is 16.2 Å². The summed E-state index contributed by atoms with van der Waals surface area (Å²) in [4.78, 5) is 11.1. The zero-order valence-corrected chi connectivity index (χ0v) is 12.2. The molecule has 3 aromatic rings. The molecule has 0 spiro atoms. The SMILES string of the molecule is COc1ccc(Br)cc1COn1nnc2cccnc21. The van der Waals surface area contributed by atoms with Crippen molar-refractivity contribution in [3.63, 3.8) is 0 Å². The van der Waals surface area contributed by atoms with Crippen LogP contribution in [0.2, 0.25) is 0 Å². The quantitative estimate of drug-likeness (QED) is 0.732. The Labute approximate surface area is 123 Å². The van der Waals surface area contributed by atoms with Crippen LogP contribution in [0.15, 0.2) is 41.0 Å². The van der Waals surface area contributed by atoms with E-state index in [9.17, 15) is 0 Å². The lowest BCUT2D eigenvalue weighted by Crippen LogP contribution is -2.14. The standard InChI is InChI=1S/C13H11BrN4O2/c1-19-12-5-4-10(14)7-9(12)8-20-18-13-11(16-17-18)3-2-6-15-13/h2-7H,8H2,1H3. The van der Waals surface area contributed by atoms with E-state index in [0.29, 0.717) is 17.8 Å². The van der Waals surface area contributed by atoms with Gasteiger partial charge in [0.25, 0.3) is 0 Å². The van der Waals surface area contributed by atoms with Gasteiger partial charge in [0.2, 0.25) is 5.65 Å². The molecule has 0 bridgehead atoms. The molecule has 0 atom stereocenters. The summed E-state index contributed by atoms with van der Waals surface area (Å²) < 4.78 is 6.25. The zero-order valence-electron chi connectivity index (χ0n) is 10.7. The van der Waals surface area contributed by atoms with Gasteiger partial charge in [-0.2, -0.15) is 0 Å². The summed E-state index contributed by atoms with van der Waals surface area (Å²) in [6, 6.07) is 9.36. The zero-order chi connectivity index (χ0) is 13.9. The first-order valence-corrected chi connectivity index (χ1v) is 6.69. The molecule has 102 valence electrons. The predicted molar refractivity (Wildman–Crippen MR) is 76.3 cm³/mol. The summed E-state index contributed by atoms with van der Waals surface area (Å²) in [5.74, 6) is 0.755. The average molecular weight is 335 g/mol. The lowest BCUT2D eigenvalue weighted by Gasteiger charge is -2.09. The van der Waals surface area contributed by atoms with Crippen LogP contribution in [0.4, 0.5) is 0 Å². The Morgan fingerprint density at radius 3 is 3.05 bits per heavy atom. The van der Waals surface area contributed by atoms with Gasteiger partial charge in [-0.1, -0.05) is 20.8 Å². The molecule has 3 rings (SSSR count). The number of benzene rings is 1. The van der Waals surface area contributed by atoms with E-state index in [1.165, 1.54) is 4.85 Å². The summed E-state index contributed by atoms with van der Waals surface area (Å²) in [5, 5.41) is 7.89. The molecule has 2 aromatic heterocycles. The number of hydrogen-bond donors (Lipinski definition) is 0. The van der Waals surface area contributed by atoms with E-state index in [-0.39, 0.29) is 0 Å². The molecular weight excluding hydrogens is 324 g/mol. The number of nitrogens with zero attached hydrogens (tertiary/aromatic N) is 4. The highest BCUT2D eigenvalue weighted by Gasteiger charge is 2.08. The van der Waals surface area contributed by atoms with E-state index in [2.05, 4.69) is 31.2 Å². The molecule has 0 radical (unpaired) electrons. The fraction of sp³-hybridized carbons (Fsp3) is 0.154. The van der Waals surface area contributed by atoms with Gasteiger partial charge < -0.3 is 9.57 Å². The molecule has 0 aliphatic carbocycles. The summed E-state index contributed by atoms with van der Waals surface area (Å²) in [5.41, 5.74) is 2.18. The molecule has 0 saturated carbocycles. The number of ether oxygens (including phenoxy) is 1. The lowest BCUT2D eigenvalue weighted by molar-refractivity contribution is 0.0726. The lowest BCUT2D eigenvalue weighted by atomic mass is 10.2. The van der Waals surface area contributed by atoms with Crippen molar-refractivity contribution in [2.45, 2.75) is 6.61 Å². The molecule has 1 aromatic carbocycles. The molecule has 0 unspecified atom stereocenters. The van der Waals surface area contributed by atoms with Crippen LogP contribution in [0.1, 0.15) is 5.56 Å². The van der Waals surface area contributed by atoms with Crippen LogP contribution >= 0.6 is 15.9 Å². The first-order chi connectivity index (χ1) is 9.78. The number of fused-ring (bicyclic) bond motifs is 1. The number of hydrogen-bond acceptors (Lipinski definition) is 5. The third-order valence-electron chi connectivity index (χ3n) is 2.77. The average Bonchev–Trinajstić information content (AvgIpc) is 2.88. The molecule has 6 nitrogen and oxygen atoms in total. The number of aromatic nitrogens is 4. The Balaban J connectivity index is 1.84. The van der Waals surface area contributed by atoms with E-state index in [1.807, 2.05) is 24.3 Å². The third kappa shape index (κ3) is 2.44. The Kier molecular flexibility index (Phi) is 3.51. The van der Waals surface area contributed by atoms with Crippen molar-refractivity contribution in [1.82, 2.24) is 20.1 Å². The second-order valence-electron chi connectivity index (χ2n) is 4.04. The second kappa shape index (κ2) is 5.46. The van der Waals surface area contributed by atoms with E-state index >= 15 is 0 Å². The first-order valence-electron chi connectivity index (χ1n) is 5.90. The minimum absolute atomic E-state index is 0.303. The minimum atomic E-state index is 0.303. The van der Waals surface area contributed by atoms with Gasteiger partial charge in [-0.3, -0.25) is 0 Å². The summed E-state index contributed by atoms with van der Waals surface area (Å²) >= 11 is 3.43.